The van der Waals surface area contributed by atoms with Crippen LogP contribution >= 0.6 is 0 Å². The van der Waals surface area contributed by atoms with Gasteiger partial charge in [-0.2, -0.15) is 0 Å². The van der Waals surface area contributed by atoms with Gasteiger partial charge in [-0.15, -0.1) is 0 Å². The molecule has 1 aromatic rings. The molecule has 0 spiro atoms. The fourth-order valence-electron chi connectivity index (χ4n) is 2.82. The molecule has 0 bridgehead atoms. The van der Waals surface area contributed by atoms with E-state index >= 15 is 0 Å². The van der Waals surface area contributed by atoms with Crippen molar-refractivity contribution in [2.24, 2.45) is 11.5 Å². The Kier molecular flexibility index (Phi) is 7.78. The van der Waals surface area contributed by atoms with Gasteiger partial charge in [0.2, 0.25) is 0 Å². The number of amides is 1. The Morgan fingerprint density at radius 2 is 2.00 bits per heavy atom. The molecule has 2 rings (SSSR count). The maximum atomic E-state index is 12.1. The highest BCUT2D eigenvalue weighted by Gasteiger charge is 2.36. The first-order chi connectivity index (χ1) is 13.6. The zero-order valence-corrected chi connectivity index (χ0v) is 15.6. The fourth-order valence-corrected chi connectivity index (χ4v) is 2.82. The molecule has 0 radical (unpaired) electrons. The lowest BCUT2D eigenvalue weighted by Gasteiger charge is -2.40. The van der Waals surface area contributed by atoms with E-state index in [0.717, 1.165) is 0 Å². The normalized spacial score (nSPS) is 16.1. The van der Waals surface area contributed by atoms with Crippen molar-refractivity contribution in [3.05, 3.63) is 23.3 Å². The highest BCUT2D eigenvalue weighted by atomic mass is 16.5. The first-order valence-corrected chi connectivity index (χ1v) is 8.93. The molecule has 1 heterocycles. The number of nitrogens with zero attached hydrogens (tertiary/aromatic N) is 1. The fraction of sp³-hybridized carbons (Fsp3) is 0.500. The molecular formula is C16H25BN4O8. The molecule has 160 valence electrons. The second kappa shape index (κ2) is 9.87. The SMILES string of the molecule is NCC(O)N[C@H](N)C(=O)N1CC(Oc2ccc(CCB(O)O)c(O)c2C(=O)O)C1. The lowest BCUT2D eigenvalue weighted by molar-refractivity contribution is -0.143. The third kappa shape index (κ3) is 5.79. The Labute approximate surface area is 166 Å². The summed E-state index contributed by atoms with van der Waals surface area (Å²) in [5.41, 5.74) is 10.7. The molecule has 2 atom stereocenters. The molecule has 1 fully saturated rings. The summed E-state index contributed by atoms with van der Waals surface area (Å²) < 4.78 is 5.60. The number of hydrogen-bond donors (Lipinski definition) is 8. The number of aromatic hydroxyl groups is 1. The smallest absolute Gasteiger partial charge is 0.451 e. The molecule has 13 heteroatoms. The molecule has 12 nitrogen and oxygen atoms in total. The van der Waals surface area contributed by atoms with Gasteiger partial charge < -0.3 is 46.5 Å². The highest BCUT2D eigenvalue weighted by Crippen LogP contribution is 2.33. The summed E-state index contributed by atoms with van der Waals surface area (Å²) in [5, 5.41) is 49.3. The van der Waals surface area contributed by atoms with Crippen molar-refractivity contribution in [1.82, 2.24) is 10.2 Å². The minimum absolute atomic E-state index is 0.0648. The zero-order valence-electron chi connectivity index (χ0n) is 15.6. The molecule has 1 unspecified atom stereocenters. The van der Waals surface area contributed by atoms with Crippen molar-refractivity contribution in [3.8, 4) is 11.5 Å². The Balaban J connectivity index is 2.00. The minimum Gasteiger partial charge on any atom is -0.507 e. The maximum Gasteiger partial charge on any atom is 0.451 e. The van der Waals surface area contributed by atoms with Crippen LogP contribution in [0.2, 0.25) is 6.32 Å². The van der Waals surface area contributed by atoms with Gasteiger partial charge >= 0.3 is 13.1 Å². The first kappa shape index (κ1) is 22.9. The number of nitrogens with one attached hydrogen (secondary N) is 1. The van der Waals surface area contributed by atoms with Crippen LogP contribution in [0.15, 0.2) is 12.1 Å². The number of carboxylic acid groups (broad SMARTS) is 1. The van der Waals surface area contributed by atoms with Gasteiger partial charge in [0.05, 0.1) is 13.1 Å². The van der Waals surface area contributed by atoms with Crippen LogP contribution in [-0.2, 0) is 11.2 Å². The molecule has 1 aromatic carbocycles. The number of carboxylic acids is 1. The molecule has 1 amide bonds. The Morgan fingerprint density at radius 1 is 1.34 bits per heavy atom. The number of aliphatic hydroxyl groups is 1. The predicted octanol–water partition coefficient (Wildman–Crippen LogP) is -3.15. The summed E-state index contributed by atoms with van der Waals surface area (Å²) >= 11 is 0. The third-order valence-corrected chi connectivity index (χ3v) is 4.42. The van der Waals surface area contributed by atoms with E-state index in [9.17, 15) is 24.9 Å². The van der Waals surface area contributed by atoms with Crippen molar-refractivity contribution in [1.29, 1.82) is 0 Å². The molecular weight excluding hydrogens is 387 g/mol. The largest absolute Gasteiger partial charge is 0.507 e. The summed E-state index contributed by atoms with van der Waals surface area (Å²) in [4.78, 5) is 25.0. The van der Waals surface area contributed by atoms with E-state index in [1.54, 1.807) is 0 Å². The number of aliphatic hydroxyl groups excluding tert-OH is 1. The van der Waals surface area contributed by atoms with E-state index in [4.69, 9.17) is 26.3 Å². The van der Waals surface area contributed by atoms with Crippen LogP contribution in [0.25, 0.3) is 0 Å². The number of aromatic carboxylic acids is 1. The van der Waals surface area contributed by atoms with E-state index in [0.29, 0.717) is 0 Å². The Morgan fingerprint density at radius 3 is 2.55 bits per heavy atom. The van der Waals surface area contributed by atoms with Gasteiger partial charge in [0.1, 0.15) is 35.6 Å². The average Bonchev–Trinajstić information content (AvgIpc) is 2.62. The number of carbonyl (C=O) groups excluding carboxylic acids is 1. The quantitative estimate of drug-likeness (QED) is 0.142. The van der Waals surface area contributed by atoms with Crippen LogP contribution in [0.5, 0.6) is 11.5 Å². The number of hydrogen-bond acceptors (Lipinski definition) is 10. The van der Waals surface area contributed by atoms with Crippen LogP contribution in [0.1, 0.15) is 15.9 Å². The number of likely N-dealkylation sites (tertiary alicyclic amines) is 1. The van der Waals surface area contributed by atoms with E-state index < -0.39 is 48.8 Å². The topological polar surface area (TPSA) is 212 Å². The number of carbonyl (C=O) groups is 2. The van der Waals surface area contributed by atoms with Crippen LogP contribution in [0, 0.1) is 0 Å². The number of ether oxygens (including phenoxy) is 1. The van der Waals surface area contributed by atoms with Gasteiger partial charge in [0.25, 0.3) is 5.91 Å². The van der Waals surface area contributed by atoms with Crippen LogP contribution in [0.3, 0.4) is 0 Å². The van der Waals surface area contributed by atoms with Crippen LogP contribution in [-0.4, -0.2) is 87.4 Å². The lowest BCUT2D eigenvalue weighted by Crippen LogP contribution is -2.64. The molecule has 0 saturated carbocycles. The van der Waals surface area contributed by atoms with E-state index in [1.165, 1.54) is 17.0 Å². The first-order valence-electron chi connectivity index (χ1n) is 8.93. The van der Waals surface area contributed by atoms with E-state index in [2.05, 4.69) is 5.32 Å². The molecule has 0 aromatic heterocycles. The molecule has 0 aliphatic carbocycles. The summed E-state index contributed by atoms with van der Waals surface area (Å²) in [6.45, 7) is 0.178. The lowest BCUT2D eigenvalue weighted by atomic mass is 9.82. The third-order valence-electron chi connectivity index (χ3n) is 4.42. The number of benzene rings is 1. The van der Waals surface area contributed by atoms with Gasteiger partial charge in [-0.1, -0.05) is 6.07 Å². The van der Waals surface area contributed by atoms with E-state index in [-0.39, 0.29) is 43.7 Å². The van der Waals surface area contributed by atoms with E-state index in [1.807, 2.05) is 0 Å². The standard InChI is InChI=1S/C16H25BN4O8/c18-5-11(22)20-14(19)15(24)21-6-9(7-21)29-10-2-1-8(3-4-17(27)28)13(23)12(10)16(25)26/h1-2,9,11,14,20,22-23,27-28H,3-7,18-19H2,(H,25,26)/t11?,14-/m0/s1. The van der Waals surface area contributed by atoms with Crippen molar-refractivity contribution >= 4 is 19.0 Å². The Bertz CT molecular complexity index is 744. The molecule has 1 aliphatic rings. The van der Waals surface area contributed by atoms with Crippen LogP contribution in [0.4, 0.5) is 0 Å². The molecule has 10 N–H and O–H groups in total. The second-order valence-corrected chi connectivity index (χ2v) is 6.65. The number of phenols is 1. The van der Waals surface area contributed by atoms with Gasteiger partial charge in [0, 0.05) is 6.54 Å². The van der Waals surface area contributed by atoms with Crippen molar-refractivity contribution in [2.75, 3.05) is 19.6 Å². The van der Waals surface area contributed by atoms with Crippen LogP contribution < -0.4 is 21.5 Å². The number of aryl methyl sites for hydroxylation is 1. The zero-order chi connectivity index (χ0) is 21.7. The van der Waals surface area contributed by atoms with Gasteiger partial charge in [0.15, 0.2) is 0 Å². The van der Waals surface area contributed by atoms with Gasteiger partial charge in [-0.05, 0) is 24.4 Å². The van der Waals surface area contributed by atoms with Crippen molar-refractivity contribution in [3.63, 3.8) is 0 Å². The van der Waals surface area contributed by atoms with Gasteiger partial charge in [-0.25, -0.2) is 4.79 Å². The molecule has 29 heavy (non-hydrogen) atoms. The van der Waals surface area contributed by atoms with Crippen molar-refractivity contribution < 1.29 is 39.7 Å². The van der Waals surface area contributed by atoms with Gasteiger partial charge in [-0.3, -0.25) is 10.1 Å². The summed E-state index contributed by atoms with van der Waals surface area (Å²) in [7, 11) is -1.58. The monoisotopic (exact) mass is 412 g/mol. The second-order valence-electron chi connectivity index (χ2n) is 6.65. The summed E-state index contributed by atoms with van der Waals surface area (Å²) in [5.74, 6) is -2.46. The average molecular weight is 412 g/mol. The summed E-state index contributed by atoms with van der Waals surface area (Å²) in [6.07, 6.45) is -2.77. The maximum absolute atomic E-state index is 12.1. The highest BCUT2D eigenvalue weighted by molar-refractivity contribution is 6.41. The molecule has 1 saturated heterocycles. The van der Waals surface area contributed by atoms with Crippen molar-refractivity contribution in [2.45, 2.75) is 31.2 Å². The minimum atomic E-state index is -1.58. The number of rotatable bonds is 10. The number of nitrogens with two attached hydrogens (primary N) is 2. The Hall–Kier alpha value is -2.42. The molecule has 1 aliphatic heterocycles. The summed E-state index contributed by atoms with van der Waals surface area (Å²) in [6, 6.07) is 2.81. The predicted molar refractivity (Wildman–Crippen MR) is 101 cm³/mol.